The minimum Gasteiger partial charge on any atom is -0.490 e. The molecule has 3 aromatic rings. The molecule has 2 aromatic carbocycles. The highest BCUT2D eigenvalue weighted by Crippen LogP contribution is 2.47. The van der Waals surface area contributed by atoms with E-state index in [1.807, 2.05) is 0 Å². The number of benzene rings is 2. The highest BCUT2D eigenvalue weighted by molar-refractivity contribution is 5.99. The molecule has 4 rings (SSSR count). The monoisotopic (exact) mass is 428 g/mol. The van der Waals surface area contributed by atoms with Gasteiger partial charge in [-0.2, -0.15) is 0 Å². The Hall–Kier alpha value is -3.86. The van der Waals surface area contributed by atoms with Crippen LogP contribution in [0.4, 0.5) is 17.2 Å². The van der Waals surface area contributed by atoms with Crippen molar-refractivity contribution in [2.75, 3.05) is 46.0 Å². The molecule has 0 amide bonds. The van der Waals surface area contributed by atoms with Gasteiger partial charge >= 0.3 is 5.69 Å². The van der Waals surface area contributed by atoms with Gasteiger partial charge in [0.05, 0.1) is 29.5 Å². The molecule has 2 heterocycles. The zero-order valence-electron chi connectivity index (χ0n) is 16.9. The van der Waals surface area contributed by atoms with E-state index < -0.39 is 4.92 Å². The third-order valence-corrected chi connectivity index (χ3v) is 4.56. The molecule has 31 heavy (non-hydrogen) atoms. The Morgan fingerprint density at radius 3 is 2.65 bits per heavy atom. The lowest BCUT2D eigenvalue weighted by atomic mass is 10.1. The molecule has 1 aliphatic rings. The second-order valence-electron chi connectivity index (χ2n) is 6.46. The van der Waals surface area contributed by atoms with Crippen LogP contribution in [-0.4, -0.2) is 55.5 Å². The summed E-state index contributed by atoms with van der Waals surface area (Å²) in [6.45, 7) is 1.48. The Balaban J connectivity index is 1.77. The molecular weight excluding hydrogens is 408 g/mol. The summed E-state index contributed by atoms with van der Waals surface area (Å²) in [5, 5.41) is 15.0. The van der Waals surface area contributed by atoms with Crippen LogP contribution in [-0.2, 0) is 4.74 Å². The minimum atomic E-state index is -0.509. The van der Waals surface area contributed by atoms with E-state index in [1.54, 1.807) is 19.2 Å². The lowest BCUT2D eigenvalue weighted by Crippen LogP contribution is -2.17. The van der Waals surface area contributed by atoms with Crippen molar-refractivity contribution in [3.63, 3.8) is 0 Å². The molecule has 0 atom stereocenters. The quantitative estimate of drug-likeness (QED) is 0.325. The second-order valence-corrected chi connectivity index (χ2v) is 6.46. The summed E-state index contributed by atoms with van der Waals surface area (Å²) >= 11 is 0. The van der Waals surface area contributed by atoms with Crippen LogP contribution in [0.5, 0.6) is 23.0 Å². The van der Waals surface area contributed by atoms with Gasteiger partial charge in [-0.25, -0.2) is 9.97 Å². The van der Waals surface area contributed by atoms with Gasteiger partial charge in [-0.05, 0) is 12.1 Å². The normalized spacial score (nSPS) is 12.5. The maximum absolute atomic E-state index is 11.3. The Bertz CT molecular complexity index is 1120. The number of hydrogen-bond donors (Lipinski definition) is 1. The zero-order chi connectivity index (χ0) is 21.8. The van der Waals surface area contributed by atoms with E-state index in [0.717, 1.165) is 0 Å². The number of nitrogens with zero attached hydrogens (tertiary/aromatic N) is 3. The molecule has 0 spiro atoms. The Kier molecular flexibility index (Phi) is 5.85. The predicted octanol–water partition coefficient (Wildman–Crippen LogP) is 3.09. The Morgan fingerprint density at radius 2 is 1.90 bits per heavy atom. The van der Waals surface area contributed by atoms with Crippen molar-refractivity contribution in [3.05, 3.63) is 40.7 Å². The lowest BCUT2D eigenvalue weighted by molar-refractivity contribution is -0.385. The average molecular weight is 428 g/mol. The number of aromatic nitrogens is 2. The number of ether oxygens (including phenoxy) is 5. The third kappa shape index (κ3) is 4.08. The van der Waals surface area contributed by atoms with Crippen LogP contribution in [0.2, 0.25) is 0 Å². The smallest absolute Gasteiger partial charge is 0.312 e. The SMILES string of the molecule is COCCOc1cc2ncnc(Nc3ccc(OC)c([N+](=O)[O-])c3)c2c2c1OCCO2. The fraction of sp³-hybridized carbons (Fsp3) is 0.300. The number of fused-ring (bicyclic) bond motifs is 3. The van der Waals surface area contributed by atoms with Crippen LogP contribution < -0.4 is 24.3 Å². The summed E-state index contributed by atoms with van der Waals surface area (Å²) in [4.78, 5) is 19.5. The first-order chi connectivity index (χ1) is 15.1. The molecule has 11 heteroatoms. The van der Waals surface area contributed by atoms with Gasteiger partial charge in [0, 0.05) is 24.9 Å². The number of nitro groups is 1. The molecule has 0 bridgehead atoms. The lowest BCUT2D eigenvalue weighted by Gasteiger charge is -2.23. The van der Waals surface area contributed by atoms with Gasteiger partial charge in [0.15, 0.2) is 17.2 Å². The molecule has 162 valence electrons. The number of anilines is 2. The summed E-state index contributed by atoms with van der Waals surface area (Å²) in [6, 6.07) is 6.28. The second kappa shape index (κ2) is 8.88. The number of nitro benzene ring substituents is 1. The Morgan fingerprint density at radius 1 is 1.10 bits per heavy atom. The van der Waals surface area contributed by atoms with Crippen LogP contribution in [0.25, 0.3) is 10.9 Å². The van der Waals surface area contributed by atoms with Gasteiger partial charge in [0.25, 0.3) is 0 Å². The number of nitrogens with one attached hydrogen (secondary N) is 1. The highest BCUT2D eigenvalue weighted by atomic mass is 16.6. The fourth-order valence-electron chi connectivity index (χ4n) is 3.19. The molecule has 0 unspecified atom stereocenters. The van der Waals surface area contributed by atoms with Crippen molar-refractivity contribution in [1.29, 1.82) is 0 Å². The summed E-state index contributed by atoms with van der Waals surface area (Å²) in [6.07, 6.45) is 1.39. The predicted molar refractivity (Wildman–Crippen MR) is 111 cm³/mol. The van der Waals surface area contributed by atoms with E-state index in [4.69, 9.17) is 23.7 Å². The number of rotatable bonds is 8. The summed E-state index contributed by atoms with van der Waals surface area (Å²) < 4.78 is 27.5. The molecule has 1 aliphatic heterocycles. The van der Waals surface area contributed by atoms with Crippen LogP contribution >= 0.6 is 0 Å². The minimum absolute atomic E-state index is 0.162. The highest BCUT2D eigenvalue weighted by Gasteiger charge is 2.25. The van der Waals surface area contributed by atoms with Crippen molar-refractivity contribution in [2.24, 2.45) is 0 Å². The molecule has 0 aliphatic carbocycles. The summed E-state index contributed by atoms with van der Waals surface area (Å²) in [5.74, 6) is 1.96. The third-order valence-electron chi connectivity index (χ3n) is 4.56. The molecule has 0 radical (unpaired) electrons. The van der Waals surface area contributed by atoms with Crippen LogP contribution in [0, 0.1) is 10.1 Å². The number of hydrogen-bond acceptors (Lipinski definition) is 10. The summed E-state index contributed by atoms with van der Waals surface area (Å²) in [7, 11) is 2.97. The Labute approximate surface area is 177 Å². The first-order valence-electron chi connectivity index (χ1n) is 9.41. The van der Waals surface area contributed by atoms with Gasteiger partial charge < -0.3 is 29.0 Å². The fourth-order valence-corrected chi connectivity index (χ4v) is 3.19. The first-order valence-corrected chi connectivity index (χ1v) is 9.41. The van der Waals surface area contributed by atoms with Gasteiger partial charge in [-0.1, -0.05) is 0 Å². The van der Waals surface area contributed by atoms with E-state index in [1.165, 1.54) is 25.6 Å². The largest absolute Gasteiger partial charge is 0.490 e. The first kappa shape index (κ1) is 20.4. The molecule has 1 N–H and O–H groups in total. The van der Waals surface area contributed by atoms with Gasteiger partial charge in [0.2, 0.25) is 5.75 Å². The standard InChI is InChI=1S/C20H20N4O7/c1-27-5-6-29-16-10-13-17(19-18(16)30-7-8-31-19)20(22-11-21-13)23-12-3-4-15(28-2)14(9-12)24(25)26/h3-4,9-11H,5-8H2,1-2H3,(H,21,22,23). The van der Waals surface area contributed by atoms with E-state index in [9.17, 15) is 10.1 Å². The average Bonchev–Trinajstić information content (AvgIpc) is 2.79. The molecule has 11 nitrogen and oxygen atoms in total. The molecule has 0 fully saturated rings. The topological polar surface area (TPSA) is 127 Å². The maximum Gasteiger partial charge on any atom is 0.312 e. The maximum atomic E-state index is 11.3. The van der Waals surface area contributed by atoms with E-state index in [-0.39, 0.29) is 11.4 Å². The molecule has 0 saturated carbocycles. The van der Waals surface area contributed by atoms with Crippen molar-refractivity contribution < 1.29 is 28.6 Å². The van der Waals surface area contributed by atoms with Crippen LogP contribution in [0.1, 0.15) is 0 Å². The van der Waals surface area contributed by atoms with Crippen molar-refractivity contribution in [1.82, 2.24) is 9.97 Å². The van der Waals surface area contributed by atoms with E-state index >= 15 is 0 Å². The van der Waals surface area contributed by atoms with Crippen LogP contribution in [0.15, 0.2) is 30.6 Å². The van der Waals surface area contributed by atoms with Gasteiger partial charge in [-0.3, -0.25) is 10.1 Å². The van der Waals surface area contributed by atoms with Crippen LogP contribution in [0.3, 0.4) is 0 Å². The van der Waals surface area contributed by atoms with Gasteiger partial charge in [-0.15, -0.1) is 0 Å². The summed E-state index contributed by atoms with van der Waals surface area (Å²) in [5.41, 5.74) is 0.858. The van der Waals surface area contributed by atoms with E-state index in [0.29, 0.717) is 66.1 Å². The molecule has 1 aromatic heterocycles. The van der Waals surface area contributed by atoms with E-state index in [2.05, 4.69) is 15.3 Å². The van der Waals surface area contributed by atoms with Crippen molar-refractivity contribution in [2.45, 2.75) is 0 Å². The van der Waals surface area contributed by atoms with Gasteiger partial charge in [0.1, 0.15) is 32.0 Å². The van der Waals surface area contributed by atoms with Crippen molar-refractivity contribution >= 4 is 28.1 Å². The molecular formula is C20H20N4O7. The van der Waals surface area contributed by atoms with Crippen molar-refractivity contribution in [3.8, 4) is 23.0 Å². The number of methoxy groups -OCH3 is 2. The molecule has 0 saturated heterocycles. The zero-order valence-corrected chi connectivity index (χ0v) is 16.9.